The summed E-state index contributed by atoms with van der Waals surface area (Å²) in [7, 11) is 0. The third kappa shape index (κ3) is 3.10. The van der Waals surface area contributed by atoms with E-state index in [2.05, 4.69) is 53.8 Å². The van der Waals surface area contributed by atoms with Crippen molar-refractivity contribution in [1.29, 1.82) is 0 Å². The van der Waals surface area contributed by atoms with E-state index in [-0.39, 0.29) is 5.41 Å². The summed E-state index contributed by atoms with van der Waals surface area (Å²) in [6, 6.07) is 0. The number of nitrogens with zero attached hydrogens (tertiary/aromatic N) is 2. The van der Waals surface area contributed by atoms with Crippen molar-refractivity contribution in [2.45, 2.75) is 34.1 Å². The van der Waals surface area contributed by atoms with E-state index in [4.69, 9.17) is 4.52 Å². The van der Waals surface area contributed by atoms with Crippen LogP contribution in [-0.2, 0) is 6.42 Å². The van der Waals surface area contributed by atoms with Crippen LogP contribution in [0.25, 0.3) is 0 Å². The number of hydrogen-bond acceptors (Lipinski definition) is 3. The Balaban J connectivity index is 2.60. The van der Waals surface area contributed by atoms with Crippen LogP contribution in [0.3, 0.4) is 0 Å². The lowest BCUT2D eigenvalue weighted by Crippen LogP contribution is -2.19. The molecule has 0 saturated carbocycles. The van der Waals surface area contributed by atoms with E-state index >= 15 is 0 Å². The lowest BCUT2D eigenvalue weighted by atomic mass is 9.80. The molecule has 3 nitrogen and oxygen atoms in total. The highest BCUT2D eigenvalue weighted by molar-refractivity contribution is 9.10. The lowest BCUT2D eigenvalue weighted by Gasteiger charge is -2.25. The van der Waals surface area contributed by atoms with Crippen molar-refractivity contribution >= 4 is 15.9 Å². The molecule has 1 aromatic rings. The van der Waals surface area contributed by atoms with Gasteiger partial charge in [-0.3, -0.25) is 0 Å². The molecule has 1 atom stereocenters. The first-order valence-electron chi connectivity index (χ1n) is 4.37. The highest BCUT2D eigenvalue weighted by Crippen LogP contribution is 2.28. The second-order valence-electron chi connectivity index (χ2n) is 4.43. The zero-order chi connectivity index (χ0) is 10.1. The molecule has 1 rings (SSSR count). The van der Waals surface area contributed by atoms with Crippen LogP contribution in [0.2, 0.25) is 0 Å². The van der Waals surface area contributed by atoms with Crippen LogP contribution in [0.4, 0.5) is 0 Å². The van der Waals surface area contributed by atoms with E-state index in [0.29, 0.717) is 16.5 Å². The Hall–Kier alpha value is -0.380. The summed E-state index contributed by atoms with van der Waals surface area (Å²) in [6.45, 7) is 8.83. The summed E-state index contributed by atoms with van der Waals surface area (Å²) < 4.78 is 5.55. The molecule has 0 radical (unpaired) electrons. The molecule has 13 heavy (non-hydrogen) atoms. The van der Waals surface area contributed by atoms with Gasteiger partial charge in [0.1, 0.15) is 0 Å². The first kappa shape index (κ1) is 10.7. The van der Waals surface area contributed by atoms with Gasteiger partial charge >= 0.3 is 0 Å². The second kappa shape index (κ2) is 3.78. The standard InChI is InChI=1S/C9H15BrN2O/c1-6(9(2,3)4)5-7-11-8(10)12-13-7/h6H,5H2,1-4H3. The maximum Gasteiger partial charge on any atom is 0.238 e. The minimum Gasteiger partial charge on any atom is -0.338 e. The van der Waals surface area contributed by atoms with Gasteiger partial charge in [0.05, 0.1) is 0 Å². The molecule has 0 bridgehead atoms. The van der Waals surface area contributed by atoms with Gasteiger partial charge in [-0.15, -0.1) is 0 Å². The fourth-order valence-electron chi connectivity index (χ4n) is 0.885. The topological polar surface area (TPSA) is 38.9 Å². The Morgan fingerprint density at radius 1 is 1.46 bits per heavy atom. The van der Waals surface area contributed by atoms with E-state index in [1.165, 1.54) is 0 Å². The van der Waals surface area contributed by atoms with Crippen molar-refractivity contribution in [2.24, 2.45) is 11.3 Å². The molecule has 0 spiro atoms. The van der Waals surface area contributed by atoms with Crippen molar-refractivity contribution in [3.05, 3.63) is 10.6 Å². The number of rotatable bonds is 2. The normalized spacial score (nSPS) is 14.5. The fraction of sp³-hybridized carbons (Fsp3) is 0.778. The van der Waals surface area contributed by atoms with Crippen molar-refractivity contribution < 1.29 is 4.52 Å². The van der Waals surface area contributed by atoms with Crippen LogP contribution >= 0.6 is 15.9 Å². The summed E-state index contributed by atoms with van der Waals surface area (Å²) in [5.41, 5.74) is 0.279. The third-order valence-corrected chi connectivity index (χ3v) is 2.72. The van der Waals surface area contributed by atoms with Crippen molar-refractivity contribution in [1.82, 2.24) is 10.1 Å². The molecule has 1 heterocycles. The van der Waals surface area contributed by atoms with Gasteiger partial charge in [-0.2, -0.15) is 4.98 Å². The highest BCUT2D eigenvalue weighted by Gasteiger charge is 2.22. The monoisotopic (exact) mass is 246 g/mol. The molecule has 4 heteroatoms. The summed E-state index contributed by atoms with van der Waals surface area (Å²) >= 11 is 3.16. The van der Waals surface area contributed by atoms with Gasteiger partial charge < -0.3 is 4.52 Å². The van der Waals surface area contributed by atoms with Crippen molar-refractivity contribution in [3.63, 3.8) is 0 Å². The van der Waals surface area contributed by atoms with E-state index < -0.39 is 0 Å². The Kier molecular flexibility index (Phi) is 3.11. The maximum absolute atomic E-state index is 5.02. The first-order chi connectivity index (χ1) is 5.89. The van der Waals surface area contributed by atoms with Crippen LogP contribution in [-0.4, -0.2) is 10.1 Å². The zero-order valence-electron chi connectivity index (χ0n) is 8.47. The number of halogens is 1. The molecule has 0 fully saturated rings. The maximum atomic E-state index is 5.02. The average Bonchev–Trinajstić information content (AvgIpc) is 2.33. The number of hydrogen-bond donors (Lipinski definition) is 0. The summed E-state index contributed by atoms with van der Waals surface area (Å²) in [5.74, 6) is 1.23. The molecule has 0 N–H and O–H groups in total. The fourth-order valence-corrected chi connectivity index (χ4v) is 1.16. The molecule has 74 valence electrons. The van der Waals surface area contributed by atoms with Crippen LogP contribution in [0.1, 0.15) is 33.6 Å². The van der Waals surface area contributed by atoms with Gasteiger partial charge in [0.2, 0.25) is 10.6 Å². The molecule has 0 aliphatic heterocycles. The van der Waals surface area contributed by atoms with E-state index in [9.17, 15) is 0 Å². The Bertz CT molecular complexity index is 277. The highest BCUT2D eigenvalue weighted by atomic mass is 79.9. The second-order valence-corrected chi connectivity index (χ2v) is 5.14. The van der Waals surface area contributed by atoms with Crippen LogP contribution < -0.4 is 0 Å². The largest absolute Gasteiger partial charge is 0.338 e. The molecular formula is C9H15BrN2O. The third-order valence-electron chi connectivity index (χ3n) is 2.40. The average molecular weight is 247 g/mol. The van der Waals surface area contributed by atoms with Gasteiger partial charge in [-0.1, -0.05) is 27.7 Å². The van der Waals surface area contributed by atoms with Crippen LogP contribution in [0.5, 0.6) is 0 Å². The Morgan fingerprint density at radius 2 is 2.08 bits per heavy atom. The molecular weight excluding hydrogens is 232 g/mol. The predicted molar refractivity (Wildman–Crippen MR) is 54.3 cm³/mol. The van der Waals surface area contributed by atoms with E-state index in [1.807, 2.05) is 0 Å². The van der Waals surface area contributed by atoms with E-state index in [0.717, 1.165) is 6.42 Å². The zero-order valence-corrected chi connectivity index (χ0v) is 10.1. The van der Waals surface area contributed by atoms with Gasteiger partial charge in [0.25, 0.3) is 0 Å². The van der Waals surface area contributed by atoms with E-state index in [1.54, 1.807) is 0 Å². The molecule has 0 amide bonds. The molecule has 0 aliphatic carbocycles. The SMILES string of the molecule is CC(Cc1nc(Br)no1)C(C)(C)C. The number of aromatic nitrogens is 2. The smallest absolute Gasteiger partial charge is 0.238 e. The summed E-state index contributed by atoms with van der Waals surface area (Å²) in [6.07, 6.45) is 0.835. The molecule has 0 saturated heterocycles. The first-order valence-corrected chi connectivity index (χ1v) is 5.17. The quantitative estimate of drug-likeness (QED) is 0.806. The lowest BCUT2D eigenvalue weighted by molar-refractivity contribution is 0.236. The van der Waals surface area contributed by atoms with Gasteiger partial charge in [-0.05, 0) is 32.4 Å². The molecule has 0 aromatic carbocycles. The van der Waals surface area contributed by atoms with Gasteiger partial charge in [-0.25, -0.2) is 0 Å². The Labute approximate surface area is 87.0 Å². The molecule has 1 unspecified atom stereocenters. The molecule has 1 aromatic heterocycles. The van der Waals surface area contributed by atoms with Crippen molar-refractivity contribution in [2.75, 3.05) is 0 Å². The van der Waals surface area contributed by atoms with Crippen LogP contribution in [0.15, 0.2) is 9.26 Å². The summed E-state index contributed by atoms with van der Waals surface area (Å²) in [5, 5.41) is 3.68. The predicted octanol–water partition coefficient (Wildman–Crippen LogP) is 3.06. The Morgan fingerprint density at radius 3 is 2.46 bits per heavy atom. The summed E-state index contributed by atoms with van der Waals surface area (Å²) in [4.78, 5) is 4.10. The van der Waals surface area contributed by atoms with Crippen LogP contribution in [0, 0.1) is 11.3 Å². The van der Waals surface area contributed by atoms with Crippen molar-refractivity contribution in [3.8, 4) is 0 Å². The minimum atomic E-state index is 0.279. The molecule has 0 aliphatic rings. The van der Waals surface area contributed by atoms with Gasteiger partial charge in [0.15, 0.2) is 0 Å². The van der Waals surface area contributed by atoms with Gasteiger partial charge in [0, 0.05) is 6.42 Å². The minimum absolute atomic E-state index is 0.279.